The highest BCUT2D eigenvalue weighted by atomic mass is 15.2. The van der Waals surface area contributed by atoms with Gasteiger partial charge < -0.3 is 10.2 Å². The molecule has 1 aliphatic rings. The molecule has 0 radical (unpaired) electrons. The average molecular weight is 170 g/mol. The van der Waals surface area contributed by atoms with Gasteiger partial charge in [-0.1, -0.05) is 6.92 Å². The Morgan fingerprint density at radius 1 is 1.42 bits per heavy atom. The van der Waals surface area contributed by atoms with E-state index in [-0.39, 0.29) is 0 Å². The van der Waals surface area contributed by atoms with Crippen LogP contribution < -0.4 is 5.32 Å². The van der Waals surface area contributed by atoms with Crippen LogP contribution in [0.3, 0.4) is 0 Å². The second-order valence-electron chi connectivity index (χ2n) is 4.25. The first kappa shape index (κ1) is 10.0. The maximum Gasteiger partial charge on any atom is 0.0114 e. The minimum Gasteiger partial charge on any atom is -0.317 e. The highest BCUT2D eigenvalue weighted by Crippen LogP contribution is 2.17. The van der Waals surface area contributed by atoms with E-state index in [1.807, 2.05) is 0 Å². The van der Waals surface area contributed by atoms with Crippen molar-refractivity contribution in [2.24, 2.45) is 5.92 Å². The van der Waals surface area contributed by atoms with Crippen LogP contribution in [0.2, 0.25) is 0 Å². The summed E-state index contributed by atoms with van der Waals surface area (Å²) in [6, 6.07) is 1.45. The topological polar surface area (TPSA) is 15.3 Å². The molecule has 0 aromatic heterocycles. The Labute approximate surface area is 76.3 Å². The van der Waals surface area contributed by atoms with E-state index in [9.17, 15) is 0 Å². The first-order valence-corrected chi connectivity index (χ1v) is 5.06. The zero-order chi connectivity index (χ0) is 9.14. The van der Waals surface area contributed by atoms with Gasteiger partial charge in [-0.3, -0.25) is 0 Å². The van der Waals surface area contributed by atoms with Crippen molar-refractivity contribution in [3.8, 4) is 0 Å². The molecule has 2 unspecified atom stereocenters. The molecule has 0 saturated carbocycles. The SMILES string of the molecule is CNC1CCN(C(C)C)CC1C. The fraction of sp³-hybridized carbons (Fsp3) is 1.00. The third-order valence-corrected chi connectivity index (χ3v) is 3.04. The minimum absolute atomic E-state index is 0.713. The summed E-state index contributed by atoms with van der Waals surface area (Å²) in [6.45, 7) is 9.42. The van der Waals surface area contributed by atoms with Gasteiger partial charge in [-0.25, -0.2) is 0 Å². The van der Waals surface area contributed by atoms with Gasteiger partial charge in [0.1, 0.15) is 0 Å². The molecule has 0 aliphatic carbocycles. The van der Waals surface area contributed by atoms with Gasteiger partial charge in [0.05, 0.1) is 0 Å². The number of likely N-dealkylation sites (tertiary alicyclic amines) is 1. The molecule has 12 heavy (non-hydrogen) atoms. The van der Waals surface area contributed by atoms with Crippen LogP contribution in [0, 0.1) is 5.92 Å². The van der Waals surface area contributed by atoms with Crippen LogP contribution in [0.5, 0.6) is 0 Å². The van der Waals surface area contributed by atoms with Gasteiger partial charge in [0.25, 0.3) is 0 Å². The number of hydrogen-bond acceptors (Lipinski definition) is 2. The zero-order valence-corrected chi connectivity index (χ0v) is 8.80. The smallest absolute Gasteiger partial charge is 0.0114 e. The average Bonchev–Trinajstić information content (AvgIpc) is 2.04. The molecule has 0 amide bonds. The molecule has 2 nitrogen and oxygen atoms in total. The summed E-state index contributed by atoms with van der Waals surface area (Å²) in [6.07, 6.45) is 1.30. The maximum atomic E-state index is 3.39. The van der Waals surface area contributed by atoms with E-state index >= 15 is 0 Å². The van der Waals surface area contributed by atoms with Crippen molar-refractivity contribution in [3.05, 3.63) is 0 Å². The predicted molar refractivity (Wildman–Crippen MR) is 53.3 cm³/mol. The van der Waals surface area contributed by atoms with Crippen molar-refractivity contribution in [2.45, 2.75) is 39.3 Å². The summed E-state index contributed by atoms with van der Waals surface area (Å²) in [7, 11) is 2.08. The van der Waals surface area contributed by atoms with Gasteiger partial charge in [0.2, 0.25) is 0 Å². The molecule has 0 spiro atoms. The number of nitrogens with zero attached hydrogens (tertiary/aromatic N) is 1. The second-order valence-corrected chi connectivity index (χ2v) is 4.25. The fourth-order valence-electron chi connectivity index (χ4n) is 2.08. The Kier molecular flexibility index (Phi) is 3.53. The minimum atomic E-state index is 0.713. The van der Waals surface area contributed by atoms with Gasteiger partial charge in [-0.2, -0.15) is 0 Å². The van der Waals surface area contributed by atoms with E-state index in [1.54, 1.807) is 0 Å². The normalized spacial score (nSPS) is 32.8. The van der Waals surface area contributed by atoms with E-state index in [0.717, 1.165) is 12.0 Å². The van der Waals surface area contributed by atoms with Crippen LogP contribution in [-0.4, -0.2) is 37.1 Å². The molecule has 2 atom stereocenters. The molecule has 1 aliphatic heterocycles. The van der Waals surface area contributed by atoms with Crippen molar-refractivity contribution in [3.63, 3.8) is 0 Å². The summed E-state index contributed by atoms with van der Waals surface area (Å²) in [5.41, 5.74) is 0. The largest absolute Gasteiger partial charge is 0.317 e. The third kappa shape index (κ3) is 2.20. The molecule has 1 N–H and O–H groups in total. The summed E-state index contributed by atoms with van der Waals surface area (Å²) in [5, 5.41) is 3.39. The molecule has 1 heterocycles. The lowest BCUT2D eigenvalue weighted by atomic mass is 9.93. The van der Waals surface area contributed by atoms with Crippen LogP contribution in [-0.2, 0) is 0 Å². The molecule has 1 fully saturated rings. The lowest BCUT2D eigenvalue weighted by molar-refractivity contribution is 0.121. The molecule has 0 aromatic rings. The standard InChI is InChI=1S/C10H22N2/c1-8(2)12-6-5-10(11-4)9(3)7-12/h8-11H,5-7H2,1-4H3. The molecular weight excluding hydrogens is 148 g/mol. The Balaban J connectivity index is 2.40. The van der Waals surface area contributed by atoms with Crippen molar-refractivity contribution in [1.82, 2.24) is 10.2 Å². The van der Waals surface area contributed by atoms with E-state index in [4.69, 9.17) is 0 Å². The van der Waals surface area contributed by atoms with Crippen LogP contribution in [0.15, 0.2) is 0 Å². The van der Waals surface area contributed by atoms with Crippen molar-refractivity contribution in [2.75, 3.05) is 20.1 Å². The van der Waals surface area contributed by atoms with Crippen LogP contribution in [0.4, 0.5) is 0 Å². The fourth-order valence-corrected chi connectivity index (χ4v) is 2.08. The van der Waals surface area contributed by atoms with Crippen molar-refractivity contribution in [1.29, 1.82) is 0 Å². The van der Waals surface area contributed by atoms with Crippen molar-refractivity contribution < 1.29 is 0 Å². The molecule has 72 valence electrons. The molecule has 0 aromatic carbocycles. The predicted octanol–water partition coefficient (Wildman–Crippen LogP) is 1.32. The second kappa shape index (κ2) is 4.24. The summed E-state index contributed by atoms with van der Waals surface area (Å²) >= 11 is 0. The Morgan fingerprint density at radius 2 is 2.08 bits per heavy atom. The monoisotopic (exact) mass is 170 g/mol. The molecule has 1 saturated heterocycles. The summed E-state index contributed by atoms with van der Waals surface area (Å²) < 4.78 is 0. The molecule has 0 bridgehead atoms. The van der Waals surface area contributed by atoms with Gasteiger partial charge >= 0.3 is 0 Å². The third-order valence-electron chi connectivity index (χ3n) is 3.04. The quantitative estimate of drug-likeness (QED) is 0.672. The number of hydrogen-bond donors (Lipinski definition) is 1. The van der Waals surface area contributed by atoms with Crippen LogP contribution in [0.25, 0.3) is 0 Å². The van der Waals surface area contributed by atoms with Crippen LogP contribution >= 0.6 is 0 Å². The lowest BCUT2D eigenvalue weighted by Crippen LogP contribution is -2.49. The van der Waals surface area contributed by atoms with Gasteiger partial charge in [0, 0.05) is 18.6 Å². The first-order valence-electron chi connectivity index (χ1n) is 5.06. The number of rotatable bonds is 2. The molecule has 2 heteroatoms. The maximum absolute atomic E-state index is 3.39. The van der Waals surface area contributed by atoms with E-state index < -0.39 is 0 Å². The summed E-state index contributed by atoms with van der Waals surface area (Å²) in [4.78, 5) is 2.57. The Morgan fingerprint density at radius 3 is 2.50 bits per heavy atom. The van der Waals surface area contributed by atoms with E-state index in [2.05, 4.69) is 38.0 Å². The number of nitrogens with one attached hydrogen (secondary N) is 1. The Bertz CT molecular complexity index is 134. The zero-order valence-electron chi connectivity index (χ0n) is 8.80. The van der Waals surface area contributed by atoms with Crippen molar-refractivity contribution >= 4 is 0 Å². The van der Waals surface area contributed by atoms with Gasteiger partial charge in [-0.05, 0) is 39.8 Å². The van der Waals surface area contributed by atoms with Crippen LogP contribution in [0.1, 0.15) is 27.2 Å². The Hall–Kier alpha value is -0.0800. The van der Waals surface area contributed by atoms with Gasteiger partial charge in [-0.15, -0.1) is 0 Å². The van der Waals surface area contributed by atoms with Gasteiger partial charge in [0.15, 0.2) is 0 Å². The lowest BCUT2D eigenvalue weighted by Gasteiger charge is -2.38. The van der Waals surface area contributed by atoms with E-state index in [1.165, 1.54) is 19.5 Å². The summed E-state index contributed by atoms with van der Waals surface area (Å²) in [5.74, 6) is 0.797. The highest BCUT2D eigenvalue weighted by molar-refractivity contribution is 4.82. The highest BCUT2D eigenvalue weighted by Gasteiger charge is 2.25. The van der Waals surface area contributed by atoms with E-state index in [0.29, 0.717) is 6.04 Å². The molecular formula is C10H22N2. The number of piperidine rings is 1. The molecule has 1 rings (SSSR count). The first-order chi connectivity index (χ1) is 5.65.